The number of halogens is 4. The van der Waals surface area contributed by atoms with Crippen molar-refractivity contribution in [3.05, 3.63) is 40.4 Å². The average molecular weight is 318 g/mol. The third-order valence-corrected chi connectivity index (χ3v) is 4.36. The van der Waals surface area contributed by atoms with E-state index in [-0.39, 0.29) is 16.3 Å². The van der Waals surface area contributed by atoms with E-state index in [0.29, 0.717) is 6.42 Å². The fraction of sp³-hybridized carbons (Fsp3) is 0.357. The second kappa shape index (κ2) is 4.66. The lowest BCUT2D eigenvalue weighted by Crippen LogP contribution is -2.42. The number of anilines is 1. The van der Waals surface area contributed by atoms with Crippen LogP contribution >= 0.6 is 11.6 Å². The zero-order valence-corrected chi connectivity index (χ0v) is 11.4. The Bertz CT molecular complexity index is 642. The molecule has 3 atom stereocenters. The summed E-state index contributed by atoms with van der Waals surface area (Å²) in [7, 11) is 0. The van der Waals surface area contributed by atoms with Gasteiger partial charge < -0.3 is 10.4 Å². The highest BCUT2D eigenvalue weighted by Crippen LogP contribution is 2.51. The maximum Gasteiger partial charge on any atom is 0.416 e. The molecule has 1 aromatic rings. The van der Waals surface area contributed by atoms with Crippen LogP contribution in [0, 0.1) is 5.92 Å². The highest BCUT2D eigenvalue weighted by molar-refractivity contribution is 6.33. The first-order valence-corrected chi connectivity index (χ1v) is 6.74. The molecule has 0 unspecified atom stereocenters. The van der Waals surface area contributed by atoms with Gasteiger partial charge in [-0.2, -0.15) is 13.2 Å². The van der Waals surface area contributed by atoms with Crippen molar-refractivity contribution >= 4 is 23.3 Å². The number of carbonyl (C=O) groups is 1. The van der Waals surface area contributed by atoms with Crippen LogP contribution in [0.25, 0.3) is 0 Å². The number of benzene rings is 1. The Morgan fingerprint density at radius 3 is 2.71 bits per heavy atom. The molecule has 0 saturated carbocycles. The van der Waals surface area contributed by atoms with E-state index in [4.69, 9.17) is 11.6 Å². The lowest BCUT2D eigenvalue weighted by atomic mass is 9.77. The number of carboxylic acids is 1. The topological polar surface area (TPSA) is 49.3 Å². The summed E-state index contributed by atoms with van der Waals surface area (Å²) >= 11 is 5.98. The number of nitrogens with one attached hydrogen (secondary N) is 1. The van der Waals surface area contributed by atoms with Gasteiger partial charge in [0.1, 0.15) is 6.04 Å². The van der Waals surface area contributed by atoms with Crippen molar-refractivity contribution < 1.29 is 23.1 Å². The third kappa shape index (κ3) is 2.18. The summed E-state index contributed by atoms with van der Waals surface area (Å²) in [5, 5.41) is 12.1. The van der Waals surface area contributed by atoms with Crippen LogP contribution in [0.4, 0.5) is 18.9 Å². The number of allylic oxidation sites excluding steroid dienone is 2. The maximum absolute atomic E-state index is 13.2. The van der Waals surface area contributed by atoms with Crippen molar-refractivity contribution in [2.24, 2.45) is 5.92 Å². The summed E-state index contributed by atoms with van der Waals surface area (Å²) < 4.78 is 39.6. The summed E-state index contributed by atoms with van der Waals surface area (Å²) in [5.74, 6) is -2.11. The van der Waals surface area contributed by atoms with Crippen LogP contribution < -0.4 is 5.32 Å². The molecular formula is C14H11ClF3NO2. The predicted molar refractivity (Wildman–Crippen MR) is 71.5 cm³/mol. The van der Waals surface area contributed by atoms with Gasteiger partial charge in [-0.1, -0.05) is 23.8 Å². The van der Waals surface area contributed by atoms with Crippen molar-refractivity contribution in [3.63, 3.8) is 0 Å². The molecule has 0 aromatic heterocycles. The Balaban J connectivity index is 2.22. The Morgan fingerprint density at radius 2 is 2.10 bits per heavy atom. The molecule has 1 aliphatic heterocycles. The standard InChI is InChI=1S/C14H11ClF3NO2/c15-9-5-4-8(14(16,17)18)10-6-2-1-3-7(6)11(13(20)21)19-12(9)10/h1-2,4-7,11,19H,3H2,(H,20,21)/t6-,7+,11-/m1/s1. The fourth-order valence-corrected chi connectivity index (χ4v) is 3.39. The predicted octanol–water partition coefficient (Wildman–Crippen LogP) is 3.90. The van der Waals surface area contributed by atoms with Crippen LogP contribution in [0.5, 0.6) is 0 Å². The molecule has 112 valence electrons. The van der Waals surface area contributed by atoms with Crippen LogP contribution in [0.3, 0.4) is 0 Å². The van der Waals surface area contributed by atoms with Crippen LogP contribution in [0.2, 0.25) is 5.02 Å². The third-order valence-electron chi connectivity index (χ3n) is 4.04. The van der Waals surface area contributed by atoms with E-state index in [0.717, 1.165) is 12.1 Å². The second-order valence-corrected chi connectivity index (χ2v) is 5.60. The maximum atomic E-state index is 13.2. The first kappa shape index (κ1) is 14.3. The van der Waals surface area contributed by atoms with E-state index in [2.05, 4.69) is 5.32 Å². The van der Waals surface area contributed by atoms with Gasteiger partial charge in [0, 0.05) is 11.8 Å². The number of carboxylic acid groups (broad SMARTS) is 1. The molecule has 2 aliphatic rings. The van der Waals surface area contributed by atoms with E-state index >= 15 is 0 Å². The number of fused-ring (bicyclic) bond motifs is 3. The molecule has 0 amide bonds. The van der Waals surface area contributed by atoms with Gasteiger partial charge in [0.25, 0.3) is 0 Å². The minimum absolute atomic E-state index is 0.0475. The van der Waals surface area contributed by atoms with E-state index in [9.17, 15) is 23.1 Å². The van der Waals surface area contributed by atoms with E-state index in [1.165, 1.54) is 0 Å². The van der Waals surface area contributed by atoms with Gasteiger partial charge in [-0.3, -0.25) is 0 Å². The van der Waals surface area contributed by atoms with Crippen molar-refractivity contribution in [2.75, 3.05) is 5.32 Å². The van der Waals surface area contributed by atoms with Gasteiger partial charge >= 0.3 is 12.1 Å². The van der Waals surface area contributed by atoms with E-state index in [1.54, 1.807) is 12.2 Å². The normalized spacial score (nSPS) is 27.0. The molecule has 7 heteroatoms. The van der Waals surface area contributed by atoms with Crippen molar-refractivity contribution in [1.29, 1.82) is 0 Å². The lowest BCUT2D eigenvalue weighted by Gasteiger charge is -2.36. The van der Waals surface area contributed by atoms with E-state index < -0.39 is 35.6 Å². The zero-order valence-electron chi connectivity index (χ0n) is 10.6. The molecule has 0 fully saturated rings. The van der Waals surface area contributed by atoms with Crippen molar-refractivity contribution in [3.8, 4) is 0 Å². The monoisotopic (exact) mass is 317 g/mol. The summed E-state index contributed by atoms with van der Waals surface area (Å²) in [5.41, 5.74) is -0.641. The second-order valence-electron chi connectivity index (χ2n) is 5.20. The molecule has 1 aromatic carbocycles. The molecule has 1 heterocycles. The Kier molecular flexibility index (Phi) is 3.16. The van der Waals surface area contributed by atoms with Crippen molar-refractivity contribution in [1.82, 2.24) is 0 Å². The minimum atomic E-state index is -4.51. The number of aliphatic carboxylic acids is 1. The molecular weight excluding hydrogens is 307 g/mol. The Labute approximate surface area is 123 Å². The van der Waals surface area contributed by atoms with E-state index in [1.807, 2.05) is 0 Å². The molecule has 3 nitrogen and oxygen atoms in total. The van der Waals surface area contributed by atoms with Crippen LogP contribution in [-0.4, -0.2) is 17.1 Å². The minimum Gasteiger partial charge on any atom is -0.480 e. The quantitative estimate of drug-likeness (QED) is 0.772. The summed E-state index contributed by atoms with van der Waals surface area (Å²) in [6, 6.07) is 1.15. The molecule has 0 bridgehead atoms. The lowest BCUT2D eigenvalue weighted by molar-refractivity contribution is -0.139. The molecule has 2 N–H and O–H groups in total. The average Bonchev–Trinajstić information content (AvgIpc) is 2.85. The summed E-state index contributed by atoms with van der Waals surface area (Å²) in [6.07, 6.45) is -0.708. The zero-order chi connectivity index (χ0) is 15.4. The van der Waals surface area contributed by atoms with Gasteiger partial charge in [-0.05, 0) is 24.1 Å². The number of hydrogen-bond acceptors (Lipinski definition) is 2. The molecule has 0 saturated heterocycles. The molecule has 0 radical (unpaired) electrons. The van der Waals surface area contributed by atoms with Gasteiger partial charge in [-0.15, -0.1) is 0 Å². The van der Waals surface area contributed by atoms with Crippen molar-refractivity contribution in [2.45, 2.75) is 24.6 Å². The number of rotatable bonds is 1. The van der Waals surface area contributed by atoms with Crippen LogP contribution in [-0.2, 0) is 11.0 Å². The highest BCUT2D eigenvalue weighted by Gasteiger charge is 2.46. The van der Waals surface area contributed by atoms with Gasteiger partial charge in [0.15, 0.2) is 0 Å². The molecule has 0 spiro atoms. The van der Waals surface area contributed by atoms with Gasteiger partial charge in [0.05, 0.1) is 16.3 Å². The SMILES string of the molecule is O=C(O)[C@@H]1Nc2c(Cl)ccc(C(F)(F)F)c2[C@@H]2C=CC[C@H]12. The highest BCUT2D eigenvalue weighted by atomic mass is 35.5. The first-order chi connectivity index (χ1) is 9.80. The van der Waals surface area contributed by atoms with Gasteiger partial charge in [0.2, 0.25) is 0 Å². The largest absolute Gasteiger partial charge is 0.480 e. The molecule has 3 rings (SSSR count). The van der Waals surface area contributed by atoms with Crippen LogP contribution in [0.1, 0.15) is 23.5 Å². The van der Waals surface area contributed by atoms with Gasteiger partial charge in [-0.25, -0.2) is 4.79 Å². The number of alkyl halides is 3. The summed E-state index contributed by atoms with van der Waals surface area (Å²) in [6.45, 7) is 0. The fourth-order valence-electron chi connectivity index (χ4n) is 3.17. The molecule has 21 heavy (non-hydrogen) atoms. The Morgan fingerprint density at radius 1 is 1.38 bits per heavy atom. The smallest absolute Gasteiger partial charge is 0.416 e. The van der Waals surface area contributed by atoms with Crippen LogP contribution in [0.15, 0.2) is 24.3 Å². The first-order valence-electron chi connectivity index (χ1n) is 6.36. The number of hydrogen-bond donors (Lipinski definition) is 2. The molecule has 1 aliphatic carbocycles. The summed E-state index contributed by atoms with van der Waals surface area (Å²) in [4.78, 5) is 11.3. The Hall–Kier alpha value is -1.69.